The van der Waals surface area contributed by atoms with Crippen molar-refractivity contribution in [3.8, 4) is 16.9 Å². The summed E-state index contributed by atoms with van der Waals surface area (Å²) >= 11 is 0. The summed E-state index contributed by atoms with van der Waals surface area (Å²) in [6.45, 7) is 3.26. The number of hydrogen-bond donors (Lipinski definition) is 1. The smallest absolute Gasteiger partial charge is 0.340 e. The first-order valence-electron chi connectivity index (χ1n) is 11.7. The van der Waals surface area contributed by atoms with Gasteiger partial charge in [-0.3, -0.25) is 15.3 Å². The molecule has 1 aliphatic rings. The lowest BCUT2D eigenvalue weighted by molar-refractivity contribution is 0.0526. The van der Waals surface area contributed by atoms with E-state index >= 15 is 0 Å². The molecule has 1 unspecified atom stereocenters. The van der Waals surface area contributed by atoms with Crippen molar-refractivity contribution in [3.05, 3.63) is 77.5 Å². The third kappa shape index (κ3) is 4.15. The van der Waals surface area contributed by atoms with Gasteiger partial charge in [-0.05, 0) is 39.2 Å². The Morgan fingerprint density at radius 3 is 2.66 bits per heavy atom. The van der Waals surface area contributed by atoms with Crippen LogP contribution in [-0.2, 0) is 24.9 Å². The van der Waals surface area contributed by atoms with Crippen LogP contribution in [-0.4, -0.2) is 46.1 Å². The standard InChI is InChI=1S/C27H29N5O3/c1-5-34-27(33)24-22(16-31(2)3)32(4)21-12-19(17-8-6-10-28-13-17)25-20(23(21)24)15-30-26(35-25)18-9-7-11-29-14-18/h6-14,26,30H,5,15-16H2,1-4H3. The molecular weight excluding hydrogens is 442 g/mol. The summed E-state index contributed by atoms with van der Waals surface area (Å²) in [4.78, 5) is 23.9. The van der Waals surface area contributed by atoms with Crippen molar-refractivity contribution in [1.82, 2.24) is 24.8 Å². The number of aryl methyl sites for hydroxylation is 1. The predicted molar refractivity (Wildman–Crippen MR) is 134 cm³/mol. The maximum atomic E-state index is 13.3. The van der Waals surface area contributed by atoms with Crippen molar-refractivity contribution < 1.29 is 14.3 Å². The highest BCUT2D eigenvalue weighted by Crippen LogP contribution is 2.45. The molecule has 0 saturated heterocycles. The van der Waals surface area contributed by atoms with Crippen LogP contribution < -0.4 is 10.1 Å². The van der Waals surface area contributed by atoms with Gasteiger partial charge in [-0.2, -0.15) is 0 Å². The fraction of sp³-hybridized carbons (Fsp3) is 0.296. The average molecular weight is 472 g/mol. The Labute approximate surface area is 204 Å². The molecule has 0 spiro atoms. The number of rotatable bonds is 6. The number of benzene rings is 1. The molecular formula is C27H29N5O3. The van der Waals surface area contributed by atoms with E-state index in [0.29, 0.717) is 25.3 Å². The Balaban J connectivity index is 1.79. The van der Waals surface area contributed by atoms with Crippen LogP contribution >= 0.6 is 0 Å². The van der Waals surface area contributed by atoms with Crippen LogP contribution in [0.25, 0.3) is 22.0 Å². The zero-order chi connectivity index (χ0) is 24.5. The molecule has 5 rings (SSSR count). The summed E-state index contributed by atoms with van der Waals surface area (Å²) in [5, 5.41) is 4.34. The maximum Gasteiger partial charge on any atom is 0.340 e. The topological polar surface area (TPSA) is 81.5 Å². The van der Waals surface area contributed by atoms with Crippen LogP contribution in [0, 0.1) is 0 Å². The number of hydrogen-bond acceptors (Lipinski definition) is 7. The van der Waals surface area contributed by atoms with Crippen molar-refractivity contribution in [2.24, 2.45) is 7.05 Å². The van der Waals surface area contributed by atoms with Crippen molar-refractivity contribution in [2.45, 2.75) is 26.2 Å². The second kappa shape index (κ2) is 9.48. The van der Waals surface area contributed by atoms with Crippen LogP contribution in [0.5, 0.6) is 5.75 Å². The summed E-state index contributed by atoms with van der Waals surface area (Å²) in [6, 6.07) is 9.91. The Hall–Kier alpha value is -3.75. The number of esters is 1. The van der Waals surface area contributed by atoms with Gasteiger partial charge < -0.3 is 18.9 Å². The molecule has 35 heavy (non-hydrogen) atoms. The molecule has 0 aliphatic carbocycles. The normalized spacial score (nSPS) is 15.2. The summed E-state index contributed by atoms with van der Waals surface area (Å²) in [5.41, 5.74) is 6.20. The Kier molecular flexibility index (Phi) is 6.23. The molecule has 0 fully saturated rings. The molecule has 0 radical (unpaired) electrons. The number of fused-ring (bicyclic) bond motifs is 3. The molecule has 1 aliphatic heterocycles. The van der Waals surface area contributed by atoms with Crippen molar-refractivity contribution >= 4 is 16.9 Å². The number of ether oxygens (including phenoxy) is 2. The number of nitrogens with zero attached hydrogens (tertiary/aromatic N) is 4. The molecule has 4 heterocycles. The van der Waals surface area contributed by atoms with Gasteiger partial charge in [-0.1, -0.05) is 12.1 Å². The van der Waals surface area contributed by atoms with E-state index < -0.39 is 0 Å². The summed E-state index contributed by atoms with van der Waals surface area (Å²) in [5.74, 6) is 0.423. The van der Waals surface area contributed by atoms with Crippen LogP contribution in [0.3, 0.4) is 0 Å². The first-order chi connectivity index (χ1) is 17.0. The van der Waals surface area contributed by atoms with Gasteiger partial charge in [-0.15, -0.1) is 0 Å². The lowest BCUT2D eigenvalue weighted by Crippen LogP contribution is -2.31. The number of carbonyl (C=O) groups is 1. The van der Waals surface area contributed by atoms with Gasteiger partial charge in [0.05, 0.1) is 17.7 Å². The molecule has 3 aromatic heterocycles. The third-order valence-corrected chi connectivity index (χ3v) is 6.27. The number of pyridine rings is 2. The van der Waals surface area contributed by atoms with Crippen molar-refractivity contribution in [3.63, 3.8) is 0 Å². The van der Waals surface area contributed by atoms with E-state index in [1.165, 1.54) is 0 Å². The summed E-state index contributed by atoms with van der Waals surface area (Å²) in [7, 11) is 5.98. The zero-order valence-corrected chi connectivity index (χ0v) is 20.4. The van der Waals surface area contributed by atoms with E-state index in [9.17, 15) is 4.79 Å². The largest absolute Gasteiger partial charge is 0.470 e. The molecule has 0 amide bonds. The minimum Gasteiger partial charge on any atom is -0.470 e. The fourth-order valence-corrected chi connectivity index (χ4v) is 4.72. The second-order valence-electron chi connectivity index (χ2n) is 8.87. The van der Waals surface area contributed by atoms with Crippen molar-refractivity contribution in [1.29, 1.82) is 0 Å². The van der Waals surface area contributed by atoms with E-state index in [2.05, 4.69) is 30.8 Å². The highest BCUT2D eigenvalue weighted by molar-refractivity contribution is 6.09. The van der Waals surface area contributed by atoms with E-state index in [0.717, 1.165) is 44.6 Å². The first-order valence-corrected chi connectivity index (χ1v) is 11.7. The minimum absolute atomic E-state index is 0.310. The Morgan fingerprint density at radius 1 is 1.23 bits per heavy atom. The lowest BCUT2D eigenvalue weighted by atomic mass is 9.95. The van der Waals surface area contributed by atoms with E-state index in [1.54, 1.807) is 18.6 Å². The van der Waals surface area contributed by atoms with Gasteiger partial charge in [0.25, 0.3) is 0 Å². The average Bonchev–Trinajstić information content (AvgIpc) is 3.15. The van der Waals surface area contributed by atoms with Crippen molar-refractivity contribution in [2.75, 3.05) is 20.7 Å². The molecule has 1 N–H and O–H groups in total. The molecule has 180 valence electrons. The van der Waals surface area contributed by atoms with Gasteiger partial charge in [0.15, 0.2) is 6.23 Å². The monoisotopic (exact) mass is 471 g/mol. The molecule has 8 nitrogen and oxygen atoms in total. The molecule has 0 saturated carbocycles. The molecule has 0 bridgehead atoms. The fourth-order valence-electron chi connectivity index (χ4n) is 4.72. The first kappa shape index (κ1) is 23.0. The van der Waals surface area contributed by atoms with Crippen LogP contribution in [0.1, 0.15) is 40.3 Å². The third-order valence-electron chi connectivity index (χ3n) is 6.27. The van der Waals surface area contributed by atoms with Crippen LogP contribution in [0.2, 0.25) is 0 Å². The summed E-state index contributed by atoms with van der Waals surface area (Å²) < 4.78 is 14.2. The molecule has 4 aromatic rings. The van der Waals surface area contributed by atoms with Gasteiger partial charge in [0, 0.05) is 78.3 Å². The van der Waals surface area contributed by atoms with Crippen LogP contribution in [0.4, 0.5) is 0 Å². The van der Waals surface area contributed by atoms with Gasteiger partial charge >= 0.3 is 5.97 Å². The number of carbonyl (C=O) groups excluding carboxylic acids is 1. The van der Waals surface area contributed by atoms with Gasteiger partial charge in [0.1, 0.15) is 5.75 Å². The van der Waals surface area contributed by atoms with E-state index in [-0.39, 0.29) is 12.2 Å². The molecule has 1 aromatic carbocycles. The van der Waals surface area contributed by atoms with E-state index in [4.69, 9.17) is 9.47 Å². The quantitative estimate of drug-likeness (QED) is 0.425. The Bertz CT molecular complexity index is 1370. The van der Waals surface area contributed by atoms with Gasteiger partial charge in [-0.25, -0.2) is 4.79 Å². The maximum absolute atomic E-state index is 13.3. The summed E-state index contributed by atoms with van der Waals surface area (Å²) in [6.07, 6.45) is 6.77. The number of aromatic nitrogens is 3. The highest BCUT2D eigenvalue weighted by atomic mass is 16.5. The molecule has 8 heteroatoms. The molecule has 1 atom stereocenters. The zero-order valence-electron chi connectivity index (χ0n) is 20.4. The van der Waals surface area contributed by atoms with E-state index in [1.807, 2.05) is 58.5 Å². The minimum atomic E-state index is -0.361. The number of nitrogens with one attached hydrogen (secondary N) is 1. The van der Waals surface area contributed by atoms with Gasteiger partial charge in [0.2, 0.25) is 0 Å². The highest BCUT2D eigenvalue weighted by Gasteiger charge is 2.32. The second-order valence-corrected chi connectivity index (χ2v) is 8.87. The van der Waals surface area contributed by atoms with Crippen LogP contribution in [0.15, 0.2) is 55.1 Å². The SMILES string of the molecule is CCOC(=O)c1c(CN(C)C)n(C)c2cc(-c3cccnc3)c3c(c12)CNC(c1cccnc1)O3. The lowest BCUT2D eigenvalue weighted by Gasteiger charge is -2.30. The Morgan fingerprint density at radius 2 is 2.00 bits per heavy atom. The predicted octanol–water partition coefficient (Wildman–Crippen LogP) is 4.05.